The fraction of sp³-hybridized carbons (Fsp3) is 0.455. The van der Waals surface area contributed by atoms with Gasteiger partial charge in [-0.05, 0) is 24.6 Å². The monoisotopic (exact) mass is 251 g/mol. The van der Waals surface area contributed by atoms with Gasteiger partial charge in [0.25, 0.3) is 0 Å². The lowest BCUT2D eigenvalue weighted by Crippen LogP contribution is -2.18. The van der Waals surface area contributed by atoms with Crippen LogP contribution in [0.5, 0.6) is 0 Å². The Kier molecular flexibility index (Phi) is 5.21. The molecular formula is C11H13F4NO. The number of nitrogens with one attached hydrogen (secondary N) is 1. The Labute approximate surface area is 96.6 Å². The van der Waals surface area contributed by atoms with E-state index in [-0.39, 0.29) is 12.4 Å². The van der Waals surface area contributed by atoms with Crippen molar-refractivity contribution in [3.8, 4) is 0 Å². The Morgan fingerprint density at radius 1 is 1.24 bits per heavy atom. The van der Waals surface area contributed by atoms with Gasteiger partial charge in [0.05, 0.1) is 0 Å². The van der Waals surface area contributed by atoms with Gasteiger partial charge in [-0.15, -0.1) is 0 Å². The van der Waals surface area contributed by atoms with E-state index in [1.54, 1.807) is 12.1 Å². The number of ether oxygens (including phenoxy) is 1. The lowest BCUT2D eigenvalue weighted by atomic mass is 10.3. The van der Waals surface area contributed by atoms with E-state index in [2.05, 4.69) is 10.1 Å². The van der Waals surface area contributed by atoms with Gasteiger partial charge < -0.3 is 10.1 Å². The van der Waals surface area contributed by atoms with E-state index in [0.29, 0.717) is 18.7 Å². The van der Waals surface area contributed by atoms with E-state index in [1.807, 2.05) is 0 Å². The number of rotatable bonds is 6. The van der Waals surface area contributed by atoms with Crippen molar-refractivity contribution in [3.63, 3.8) is 0 Å². The maximum absolute atomic E-state index is 12.7. The fourth-order valence-electron chi connectivity index (χ4n) is 1.19. The number of anilines is 1. The van der Waals surface area contributed by atoms with Crippen LogP contribution in [0.2, 0.25) is 0 Å². The van der Waals surface area contributed by atoms with Gasteiger partial charge in [0, 0.05) is 18.8 Å². The van der Waals surface area contributed by atoms with Crippen LogP contribution in [0, 0.1) is 5.82 Å². The van der Waals surface area contributed by atoms with E-state index in [4.69, 9.17) is 0 Å². The molecule has 0 aliphatic rings. The van der Waals surface area contributed by atoms with Crippen molar-refractivity contribution in [2.75, 3.05) is 25.1 Å². The van der Waals surface area contributed by atoms with Crippen molar-refractivity contribution < 1.29 is 22.3 Å². The molecule has 0 amide bonds. The zero-order valence-corrected chi connectivity index (χ0v) is 9.06. The number of alkyl halides is 3. The molecule has 0 aliphatic heterocycles. The van der Waals surface area contributed by atoms with Crippen LogP contribution in [0.1, 0.15) is 6.42 Å². The molecule has 0 bridgehead atoms. The summed E-state index contributed by atoms with van der Waals surface area (Å²) in [6.07, 6.45) is -3.86. The van der Waals surface area contributed by atoms with E-state index in [0.717, 1.165) is 0 Å². The zero-order chi connectivity index (χ0) is 12.7. The normalized spacial score (nSPS) is 11.5. The van der Waals surface area contributed by atoms with Crippen LogP contribution in [0.15, 0.2) is 24.3 Å². The standard InChI is InChI=1S/C11H13F4NO/c12-9-3-1-4-10(7-9)16-5-2-6-17-8-11(13,14)15/h1,3-4,7,16H,2,5-6,8H2. The topological polar surface area (TPSA) is 21.3 Å². The van der Waals surface area contributed by atoms with Crippen molar-refractivity contribution in [2.24, 2.45) is 0 Å². The summed E-state index contributed by atoms with van der Waals surface area (Å²) in [5, 5.41) is 2.88. The Morgan fingerprint density at radius 3 is 2.65 bits per heavy atom. The second kappa shape index (κ2) is 6.44. The molecule has 0 spiro atoms. The zero-order valence-electron chi connectivity index (χ0n) is 9.06. The molecule has 0 saturated heterocycles. The first-order valence-corrected chi connectivity index (χ1v) is 5.11. The summed E-state index contributed by atoms with van der Waals surface area (Å²) in [5.41, 5.74) is 0.598. The van der Waals surface area contributed by atoms with Crippen LogP contribution in [-0.2, 0) is 4.74 Å². The predicted octanol–water partition coefficient (Wildman–Crippen LogP) is 3.21. The van der Waals surface area contributed by atoms with Crippen LogP contribution in [-0.4, -0.2) is 25.9 Å². The summed E-state index contributed by atoms with van der Waals surface area (Å²) < 4.78 is 52.2. The number of hydrogen-bond donors (Lipinski definition) is 1. The van der Waals surface area contributed by atoms with Gasteiger partial charge >= 0.3 is 6.18 Å². The first-order chi connectivity index (χ1) is 7.97. The van der Waals surface area contributed by atoms with Gasteiger partial charge in [0.2, 0.25) is 0 Å². The highest BCUT2D eigenvalue weighted by atomic mass is 19.4. The largest absolute Gasteiger partial charge is 0.411 e. The highest BCUT2D eigenvalue weighted by Gasteiger charge is 2.27. The third-order valence-corrected chi connectivity index (χ3v) is 1.88. The molecule has 0 heterocycles. The van der Waals surface area contributed by atoms with Gasteiger partial charge in [-0.25, -0.2) is 4.39 Å². The molecule has 1 aromatic carbocycles. The fourth-order valence-corrected chi connectivity index (χ4v) is 1.19. The Balaban J connectivity index is 2.09. The molecule has 0 aliphatic carbocycles. The van der Waals surface area contributed by atoms with Crippen LogP contribution in [0.4, 0.5) is 23.2 Å². The van der Waals surface area contributed by atoms with Gasteiger partial charge in [-0.1, -0.05) is 6.07 Å². The summed E-state index contributed by atoms with van der Waals surface area (Å²) in [6.45, 7) is -0.782. The molecule has 1 N–H and O–H groups in total. The molecular weight excluding hydrogens is 238 g/mol. The lowest BCUT2D eigenvalue weighted by molar-refractivity contribution is -0.173. The molecule has 0 radical (unpaired) electrons. The quantitative estimate of drug-likeness (QED) is 0.619. The molecule has 2 nitrogen and oxygen atoms in total. The first-order valence-electron chi connectivity index (χ1n) is 5.11. The van der Waals surface area contributed by atoms with Crippen LogP contribution < -0.4 is 5.32 Å². The summed E-state index contributed by atoms with van der Waals surface area (Å²) in [4.78, 5) is 0. The maximum atomic E-state index is 12.7. The van der Waals surface area contributed by atoms with Crippen LogP contribution in [0.3, 0.4) is 0 Å². The third-order valence-electron chi connectivity index (χ3n) is 1.88. The SMILES string of the molecule is Fc1cccc(NCCCOCC(F)(F)F)c1. The highest BCUT2D eigenvalue weighted by molar-refractivity contribution is 5.42. The smallest absolute Gasteiger partial charge is 0.385 e. The molecule has 0 atom stereocenters. The van der Waals surface area contributed by atoms with Crippen molar-refractivity contribution >= 4 is 5.69 Å². The minimum atomic E-state index is -4.28. The highest BCUT2D eigenvalue weighted by Crippen LogP contribution is 2.14. The molecule has 0 saturated carbocycles. The second-order valence-corrected chi connectivity index (χ2v) is 3.46. The van der Waals surface area contributed by atoms with Crippen molar-refractivity contribution in [1.29, 1.82) is 0 Å². The van der Waals surface area contributed by atoms with Gasteiger partial charge in [0.15, 0.2) is 0 Å². The minimum Gasteiger partial charge on any atom is -0.385 e. The first kappa shape index (κ1) is 13.8. The van der Waals surface area contributed by atoms with Gasteiger partial charge in [0.1, 0.15) is 12.4 Å². The number of halogens is 4. The second-order valence-electron chi connectivity index (χ2n) is 3.46. The van der Waals surface area contributed by atoms with E-state index < -0.39 is 12.8 Å². The Morgan fingerprint density at radius 2 is 2.00 bits per heavy atom. The van der Waals surface area contributed by atoms with Crippen LogP contribution in [0.25, 0.3) is 0 Å². The van der Waals surface area contributed by atoms with E-state index in [9.17, 15) is 17.6 Å². The maximum Gasteiger partial charge on any atom is 0.411 e. The minimum absolute atomic E-state index is 0.0157. The molecule has 96 valence electrons. The van der Waals surface area contributed by atoms with E-state index in [1.165, 1.54) is 12.1 Å². The summed E-state index contributed by atoms with van der Waals surface area (Å²) >= 11 is 0. The van der Waals surface area contributed by atoms with E-state index >= 15 is 0 Å². The van der Waals surface area contributed by atoms with Crippen molar-refractivity contribution in [1.82, 2.24) is 0 Å². The molecule has 0 fully saturated rings. The molecule has 0 aromatic heterocycles. The average Bonchev–Trinajstić information content (AvgIpc) is 2.22. The third kappa shape index (κ3) is 6.78. The predicted molar refractivity (Wildman–Crippen MR) is 56.4 cm³/mol. The summed E-state index contributed by atoms with van der Waals surface area (Å²) in [7, 11) is 0. The Hall–Kier alpha value is -1.30. The van der Waals surface area contributed by atoms with Gasteiger partial charge in [-0.3, -0.25) is 0 Å². The Bertz CT molecular complexity index is 340. The molecule has 17 heavy (non-hydrogen) atoms. The van der Waals surface area contributed by atoms with Crippen molar-refractivity contribution in [2.45, 2.75) is 12.6 Å². The lowest BCUT2D eigenvalue weighted by Gasteiger charge is -2.08. The van der Waals surface area contributed by atoms with Gasteiger partial charge in [-0.2, -0.15) is 13.2 Å². The number of hydrogen-bond acceptors (Lipinski definition) is 2. The molecule has 1 aromatic rings. The summed E-state index contributed by atoms with van der Waals surface area (Å²) in [5.74, 6) is -0.358. The number of benzene rings is 1. The average molecular weight is 251 g/mol. The van der Waals surface area contributed by atoms with Crippen molar-refractivity contribution in [3.05, 3.63) is 30.1 Å². The molecule has 6 heteroatoms. The molecule has 1 rings (SSSR count). The summed E-state index contributed by atoms with van der Waals surface area (Å²) in [6, 6.07) is 5.87. The molecule has 0 unspecified atom stereocenters. The van der Waals surface area contributed by atoms with Crippen LogP contribution >= 0.6 is 0 Å².